The average Bonchev–Trinajstić information content (AvgIpc) is 2.02. The SMILES string of the molecule is CCC(C)(C)PC(C)CC(C)(C)PC. The van der Waals surface area contributed by atoms with E-state index in [1.807, 2.05) is 0 Å². The highest BCUT2D eigenvalue weighted by atomic mass is 31.1. The van der Waals surface area contributed by atoms with E-state index in [0.29, 0.717) is 10.3 Å². The molecular weight excluding hydrogens is 206 g/mol. The van der Waals surface area contributed by atoms with E-state index in [-0.39, 0.29) is 0 Å². The van der Waals surface area contributed by atoms with Crippen molar-refractivity contribution in [1.29, 1.82) is 0 Å². The van der Waals surface area contributed by atoms with Crippen molar-refractivity contribution in [2.45, 2.75) is 70.4 Å². The van der Waals surface area contributed by atoms with Gasteiger partial charge in [-0.2, -0.15) is 0 Å². The highest BCUT2D eigenvalue weighted by molar-refractivity contribution is 7.41. The molecule has 0 rings (SSSR count). The molecule has 14 heavy (non-hydrogen) atoms. The van der Waals surface area contributed by atoms with Crippen molar-refractivity contribution in [2.75, 3.05) is 6.66 Å². The number of rotatable bonds is 6. The van der Waals surface area contributed by atoms with E-state index in [9.17, 15) is 0 Å². The quantitative estimate of drug-likeness (QED) is 0.583. The molecule has 0 aromatic heterocycles. The van der Waals surface area contributed by atoms with Gasteiger partial charge in [-0.15, -0.1) is 17.2 Å². The van der Waals surface area contributed by atoms with Crippen LogP contribution in [0.5, 0.6) is 0 Å². The fourth-order valence-corrected chi connectivity index (χ4v) is 4.55. The number of hydrogen-bond acceptors (Lipinski definition) is 0. The van der Waals surface area contributed by atoms with Gasteiger partial charge in [-0.25, -0.2) is 0 Å². The molecule has 0 saturated heterocycles. The molecule has 0 aliphatic carbocycles. The van der Waals surface area contributed by atoms with Crippen molar-refractivity contribution in [3.8, 4) is 0 Å². The van der Waals surface area contributed by atoms with E-state index in [1.54, 1.807) is 0 Å². The molecule has 3 atom stereocenters. The third-order valence-corrected chi connectivity index (χ3v) is 6.40. The highest BCUT2D eigenvalue weighted by Crippen LogP contribution is 2.43. The Hall–Kier alpha value is 0.860. The largest absolute Gasteiger partial charge is 0.119 e. The molecule has 0 heterocycles. The fraction of sp³-hybridized carbons (Fsp3) is 1.00. The first kappa shape index (κ1) is 14.9. The Morgan fingerprint density at radius 1 is 1.07 bits per heavy atom. The van der Waals surface area contributed by atoms with Crippen LogP contribution in [0.4, 0.5) is 0 Å². The standard InChI is InChI=1S/C12H28P2/c1-8-11(3,4)14-10(2)9-12(5,6)13-7/h10,13-14H,8-9H2,1-7H3. The molecule has 86 valence electrons. The second kappa shape index (κ2) is 5.81. The molecule has 0 nitrogen and oxygen atoms in total. The van der Waals surface area contributed by atoms with E-state index >= 15 is 0 Å². The molecule has 0 aromatic rings. The van der Waals surface area contributed by atoms with E-state index in [0.717, 1.165) is 22.8 Å². The van der Waals surface area contributed by atoms with Crippen LogP contribution in [0, 0.1) is 0 Å². The smallest absolute Gasteiger partial charge is 0.0175 e. The van der Waals surface area contributed by atoms with Gasteiger partial charge < -0.3 is 0 Å². The van der Waals surface area contributed by atoms with Gasteiger partial charge >= 0.3 is 0 Å². The third-order valence-electron chi connectivity index (χ3n) is 3.01. The van der Waals surface area contributed by atoms with Crippen LogP contribution in [0.15, 0.2) is 0 Å². The van der Waals surface area contributed by atoms with Crippen molar-refractivity contribution in [3.05, 3.63) is 0 Å². The number of hydrogen-bond donors (Lipinski definition) is 0. The molecule has 0 aliphatic rings. The van der Waals surface area contributed by atoms with Gasteiger partial charge in [-0.1, -0.05) is 41.5 Å². The van der Waals surface area contributed by atoms with E-state index < -0.39 is 0 Å². The Morgan fingerprint density at radius 2 is 1.57 bits per heavy atom. The van der Waals surface area contributed by atoms with Gasteiger partial charge in [0.05, 0.1) is 0 Å². The Balaban J connectivity index is 4.04. The summed E-state index contributed by atoms with van der Waals surface area (Å²) in [5, 5.41) is 1.13. The van der Waals surface area contributed by atoms with Gasteiger partial charge in [-0.3, -0.25) is 0 Å². The van der Waals surface area contributed by atoms with Crippen molar-refractivity contribution in [1.82, 2.24) is 0 Å². The van der Waals surface area contributed by atoms with Crippen LogP contribution in [0.2, 0.25) is 0 Å². The molecule has 0 N–H and O–H groups in total. The van der Waals surface area contributed by atoms with E-state index in [2.05, 4.69) is 48.2 Å². The molecule has 0 fully saturated rings. The average molecular weight is 234 g/mol. The van der Waals surface area contributed by atoms with Crippen molar-refractivity contribution in [3.63, 3.8) is 0 Å². The minimum Gasteiger partial charge on any atom is -0.119 e. The van der Waals surface area contributed by atoms with Gasteiger partial charge in [0, 0.05) is 0 Å². The fourth-order valence-electron chi connectivity index (χ4n) is 1.69. The van der Waals surface area contributed by atoms with Crippen LogP contribution >= 0.6 is 17.2 Å². The first-order valence-electron chi connectivity index (χ1n) is 5.69. The minimum absolute atomic E-state index is 0.562. The summed E-state index contributed by atoms with van der Waals surface area (Å²) >= 11 is 0. The molecule has 0 bridgehead atoms. The Kier molecular flexibility index (Phi) is 6.17. The summed E-state index contributed by atoms with van der Waals surface area (Å²) in [6.45, 7) is 16.7. The van der Waals surface area contributed by atoms with Gasteiger partial charge in [0.1, 0.15) is 0 Å². The Labute approximate surface area is 94.6 Å². The summed E-state index contributed by atoms with van der Waals surface area (Å²) in [4.78, 5) is 0. The summed E-state index contributed by atoms with van der Waals surface area (Å²) in [6, 6.07) is 0. The van der Waals surface area contributed by atoms with Gasteiger partial charge in [0.2, 0.25) is 0 Å². The highest BCUT2D eigenvalue weighted by Gasteiger charge is 2.24. The molecule has 0 spiro atoms. The maximum Gasteiger partial charge on any atom is -0.0175 e. The predicted molar refractivity (Wildman–Crippen MR) is 75.1 cm³/mol. The summed E-state index contributed by atoms with van der Waals surface area (Å²) in [5.74, 6) is 0. The lowest BCUT2D eigenvalue weighted by molar-refractivity contribution is 0.611. The summed E-state index contributed by atoms with van der Waals surface area (Å²) in [5.41, 5.74) is 0.896. The maximum atomic E-state index is 2.43. The molecule has 3 unspecified atom stereocenters. The monoisotopic (exact) mass is 234 g/mol. The Bertz CT molecular complexity index is 144. The van der Waals surface area contributed by atoms with Crippen LogP contribution in [-0.4, -0.2) is 22.6 Å². The summed E-state index contributed by atoms with van der Waals surface area (Å²) in [7, 11) is 2.18. The maximum absolute atomic E-state index is 2.43. The zero-order chi connectivity index (χ0) is 11.4. The first-order valence-corrected chi connectivity index (χ1v) is 8.27. The predicted octanol–water partition coefficient (Wildman–Crippen LogP) is 4.72. The van der Waals surface area contributed by atoms with Crippen LogP contribution in [0.25, 0.3) is 0 Å². The normalized spacial score (nSPS) is 17.4. The van der Waals surface area contributed by atoms with Gasteiger partial charge in [-0.05, 0) is 35.5 Å². The molecule has 0 amide bonds. The molecular formula is C12H28P2. The zero-order valence-corrected chi connectivity index (χ0v) is 13.0. The van der Waals surface area contributed by atoms with Crippen LogP contribution in [-0.2, 0) is 0 Å². The van der Waals surface area contributed by atoms with Crippen LogP contribution in [0.1, 0.15) is 54.4 Å². The molecule has 0 radical (unpaired) electrons. The topological polar surface area (TPSA) is 0 Å². The summed E-state index contributed by atoms with van der Waals surface area (Å²) in [6.07, 6.45) is 2.70. The first-order chi connectivity index (χ1) is 6.22. The lowest BCUT2D eigenvalue weighted by atomic mass is 10.1. The second-order valence-electron chi connectivity index (χ2n) is 5.62. The van der Waals surface area contributed by atoms with Gasteiger partial charge in [0.15, 0.2) is 0 Å². The van der Waals surface area contributed by atoms with Crippen molar-refractivity contribution >= 4 is 17.2 Å². The Morgan fingerprint density at radius 3 is 1.93 bits per heavy atom. The van der Waals surface area contributed by atoms with E-state index in [1.165, 1.54) is 12.8 Å². The van der Waals surface area contributed by atoms with E-state index in [4.69, 9.17) is 0 Å². The zero-order valence-electron chi connectivity index (χ0n) is 11.0. The summed E-state index contributed by atoms with van der Waals surface area (Å²) < 4.78 is 0. The van der Waals surface area contributed by atoms with Gasteiger partial charge in [0.25, 0.3) is 0 Å². The molecule has 0 saturated carbocycles. The molecule has 0 aromatic carbocycles. The lowest BCUT2D eigenvalue weighted by Crippen LogP contribution is -2.21. The lowest BCUT2D eigenvalue weighted by Gasteiger charge is -2.32. The van der Waals surface area contributed by atoms with Crippen molar-refractivity contribution in [2.24, 2.45) is 0 Å². The third kappa shape index (κ3) is 6.36. The molecule has 0 aliphatic heterocycles. The van der Waals surface area contributed by atoms with Crippen LogP contribution < -0.4 is 0 Å². The minimum atomic E-state index is 0.562. The van der Waals surface area contributed by atoms with Crippen molar-refractivity contribution < 1.29 is 0 Å². The van der Waals surface area contributed by atoms with Crippen LogP contribution in [0.3, 0.4) is 0 Å². The molecule has 2 heteroatoms. The second-order valence-corrected chi connectivity index (χ2v) is 10.1.